The summed E-state index contributed by atoms with van der Waals surface area (Å²) >= 11 is 11.9. The molecule has 0 saturated carbocycles. The minimum atomic E-state index is -3.95. The van der Waals surface area contributed by atoms with Gasteiger partial charge in [-0.15, -0.1) is 0 Å². The molecule has 106 valence electrons. The van der Waals surface area contributed by atoms with Crippen LogP contribution in [0.25, 0.3) is 0 Å². The molecule has 0 bridgehead atoms. The third-order valence-corrected chi connectivity index (χ3v) is 4.99. The van der Waals surface area contributed by atoms with Gasteiger partial charge in [0.1, 0.15) is 5.82 Å². The third-order valence-electron chi connectivity index (χ3n) is 2.25. The first-order valence-corrected chi connectivity index (χ1v) is 8.53. The molecular weight excluding hydrogens is 438 g/mol. The number of anilines is 1. The normalized spacial score (nSPS) is 11.4. The highest BCUT2D eigenvalue weighted by atomic mass is 79.9. The SMILES string of the molecule is O=S(=O)(Nc1cc(Br)cnc1Cl)c1ccc(Br)c(F)c1. The zero-order chi connectivity index (χ0) is 14.9. The Morgan fingerprint density at radius 2 is 1.95 bits per heavy atom. The zero-order valence-corrected chi connectivity index (χ0v) is 14.3. The number of benzene rings is 1. The first-order valence-electron chi connectivity index (χ1n) is 5.08. The molecule has 0 aliphatic heterocycles. The fourth-order valence-corrected chi connectivity index (χ4v) is 3.20. The van der Waals surface area contributed by atoms with Crippen LogP contribution in [-0.4, -0.2) is 13.4 Å². The van der Waals surface area contributed by atoms with Gasteiger partial charge in [0.2, 0.25) is 0 Å². The maximum absolute atomic E-state index is 13.4. The van der Waals surface area contributed by atoms with Crippen LogP contribution in [0.1, 0.15) is 0 Å². The van der Waals surface area contributed by atoms with E-state index in [9.17, 15) is 12.8 Å². The second kappa shape index (κ2) is 5.97. The van der Waals surface area contributed by atoms with E-state index >= 15 is 0 Å². The largest absolute Gasteiger partial charge is 0.276 e. The molecule has 1 N–H and O–H groups in total. The summed E-state index contributed by atoms with van der Waals surface area (Å²) in [5.74, 6) is -0.675. The highest BCUT2D eigenvalue weighted by Gasteiger charge is 2.18. The molecule has 0 spiro atoms. The van der Waals surface area contributed by atoms with E-state index in [4.69, 9.17) is 11.6 Å². The molecule has 1 aromatic heterocycles. The number of sulfonamides is 1. The lowest BCUT2D eigenvalue weighted by Gasteiger charge is -2.09. The Morgan fingerprint density at radius 3 is 2.60 bits per heavy atom. The molecule has 1 heterocycles. The predicted molar refractivity (Wildman–Crippen MR) is 81.9 cm³/mol. The Balaban J connectivity index is 2.40. The van der Waals surface area contributed by atoms with Crippen LogP contribution in [0.15, 0.2) is 44.3 Å². The van der Waals surface area contributed by atoms with E-state index in [1.807, 2.05) is 0 Å². The van der Waals surface area contributed by atoms with Crippen molar-refractivity contribution in [3.63, 3.8) is 0 Å². The van der Waals surface area contributed by atoms with Gasteiger partial charge in [-0.3, -0.25) is 4.72 Å². The van der Waals surface area contributed by atoms with Crippen molar-refractivity contribution in [2.24, 2.45) is 0 Å². The Morgan fingerprint density at radius 1 is 1.25 bits per heavy atom. The summed E-state index contributed by atoms with van der Waals surface area (Å²) in [6.07, 6.45) is 1.43. The molecule has 4 nitrogen and oxygen atoms in total. The molecule has 0 saturated heterocycles. The van der Waals surface area contributed by atoms with Gasteiger partial charge in [-0.1, -0.05) is 11.6 Å². The highest BCUT2D eigenvalue weighted by Crippen LogP contribution is 2.26. The van der Waals surface area contributed by atoms with E-state index in [1.165, 1.54) is 24.4 Å². The van der Waals surface area contributed by atoms with Crippen molar-refractivity contribution >= 4 is 59.2 Å². The summed E-state index contributed by atoms with van der Waals surface area (Å²) in [5, 5.41) is -0.00522. The van der Waals surface area contributed by atoms with Crippen molar-refractivity contribution in [1.82, 2.24) is 4.98 Å². The Kier molecular flexibility index (Phi) is 4.68. The molecule has 2 rings (SSSR count). The Bertz CT molecular complexity index is 771. The zero-order valence-electron chi connectivity index (χ0n) is 9.57. The minimum Gasteiger partial charge on any atom is -0.276 e. The Labute approximate surface area is 136 Å². The number of nitrogens with zero attached hydrogens (tertiary/aromatic N) is 1. The third kappa shape index (κ3) is 3.49. The second-order valence-electron chi connectivity index (χ2n) is 3.67. The first-order chi connectivity index (χ1) is 9.29. The van der Waals surface area contributed by atoms with Gasteiger partial charge in [0.05, 0.1) is 15.1 Å². The van der Waals surface area contributed by atoms with Crippen LogP contribution in [0.5, 0.6) is 0 Å². The van der Waals surface area contributed by atoms with Crippen molar-refractivity contribution in [2.45, 2.75) is 4.90 Å². The van der Waals surface area contributed by atoms with Crippen LogP contribution >= 0.6 is 43.5 Å². The first kappa shape index (κ1) is 15.7. The van der Waals surface area contributed by atoms with Crippen LogP contribution < -0.4 is 4.72 Å². The molecule has 9 heteroatoms. The molecule has 0 unspecified atom stereocenters. The van der Waals surface area contributed by atoms with Crippen molar-refractivity contribution < 1.29 is 12.8 Å². The maximum Gasteiger partial charge on any atom is 0.262 e. The van der Waals surface area contributed by atoms with Gasteiger partial charge in [-0.25, -0.2) is 17.8 Å². The molecule has 0 fully saturated rings. The average Bonchev–Trinajstić information content (AvgIpc) is 2.36. The van der Waals surface area contributed by atoms with Crippen LogP contribution in [0.2, 0.25) is 5.15 Å². The maximum atomic E-state index is 13.4. The van der Waals surface area contributed by atoms with Gasteiger partial charge in [0, 0.05) is 10.7 Å². The highest BCUT2D eigenvalue weighted by molar-refractivity contribution is 9.10. The summed E-state index contributed by atoms with van der Waals surface area (Å²) in [7, 11) is -3.95. The molecule has 0 aliphatic rings. The van der Waals surface area contributed by atoms with E-state index in [2.05, 4.69) is 41.6 Å². The number of pyridine rings is 1. The molecule has 2 aromatic rings. The van der Waals surface area contributed by atoms with E-state index in [0.29, 0.717) is 4.47 Å². The second-order valence-corrected chi connectivity index (χ2v) is 7.48. The van der Waals surface area contributed by atoms with Crippen LogP contribution in [0.3, 0.4) is 0 Å². The van der Waals surface area contributed by atoms with Crippen LogP contribution in [-0.2, 0) is 10.0 Å². The van der Waals surface area contributed by atoms with Crippen LogP contribution in [0, 0.1) is 5.82 Å². The van der Waals surface area contributed by atoms with Gasteiger partial charge in [0.15, 0.2) is 5.15 Å². The summed E-state index contributed by atoms with van der Waals surface area (Å²) in [6, 6.07) is 4.95. The fourth-order valence-electron chi connectivity index (χ4n) is 1.34. The summed E-state index contributed by atoms with van der Waals surface area (Å²) < 4.78 is 40.7. The predicted octanol–water partition coefficient (Wildman–Crippen LogP) is 4.20. The number of hydrogen-bond acceptors (Lipinski definition) is 3. The molecule has 0 radical (unpaired) electrons. The van der Waals surface area contributed by atoms with E-state index in [1.54, 1.807) is 0 Å². The van der Waals surface area contributed by atoms with E-state index in [-0.39, 0.29) is 20.2 Å². The minimum absolute atomic E-state index is 0.00522. The standard InChI is InChI=1S/C11H6Br2ClFN2O2S/c12-6-3-10(11(14)16-5-6)17-20(18,19)7-1-2-8(13)9(15)4-7/h1-5,17H. The van der Waals surface area contributed by atoms with Crippen molar-refractivity contribution in [2.75, 3.05) is 4.72 Å². The van der Waals surface area contributed by atoms with Gasteiger partial charge >= 0.3 is 0 Å². The molecule has 20 heavy (non-hydrogen) atoms. The van der Waals surface area contributed by atoms with Gasteiger partial charge in [-0.2, -0.15) is 0 Å². The molecule has 1 aromatic carbocycles. The molecule has 0 aliphatic carbocycles. The molecular formula is C11H6Br2ClFN2O2S. The lowest BCUT2D eigenvalue weighted by atomic mass is 10.3. The summed E-state index contributed by atoms with van der Waals surface area (Å²) in [5.41, 5.74) is 0.101. The lowest BCUT2D eigenvalue weighted by molar-refractivity contribution is 0.593. The van der Waals surface area contributed by atoms with Gasteiger partial charge in [0.25, 0.3) is 10.0 Å². The monoisotopic (exact) mass is 442 g/mol. The summed E-state index contributed by atoms with van der Waals surface area (Å²) in [4.78, 5) is 3.58. The number of rotatable bonds is 3. The molecule has 0 amide bonds. The van der Waals surface area contributed by atoms with Crippen LogP contribution in [0.4, 0.5) is 10.1 Å². The number of halogens is 4. The van der Waals surface area contributed by atoms with E-state index < -0.39 is 15.8 Å². The summed E-state index contributed by atoms with van der Waals surface area (Å²) in [6.45, 7) is 0. The van der Waals surface area contributed by atoms with Gasteiger partial charge < -0.3 is 0 Å². The fraction of sp³-hybridized carbons (Fsp3) is 0. The topological polar surface area (TPSA) is 59.1 Å². The van der Waals surface area contributed by atoms with Crippen molar-refractivity contribution in [1.29, 1.82) is 0 Å². The number of hydrogen-bond donors (Lipinski definition) is 1. The van der Waals surface area contributed by atoms with Gasteiger partial charge in [-0.05, 0) is 56.1 Å². The Hall–Kier alpha value is -0.700. The number of aromatic nitrogens is 1. The van der Waals surface area contributed by atoms with Crippen molar-refractivity contribution in [3.05, 3.63) is 50.4 Å². The van der Waals surface area contributed by atoms with Crippen molar-refractivity contribution in [3.8, 4) is 0 Å². The lowest BCUT2D eigenvalue weighted by Crippen LogP contribution is -2.13. The number of nitrogens with one attached hydrogen (secondary N) is 1. The van der Waals surface area contributed by atoms with E-state index in [0.717, 1.165) is 6.07 Å². The molecule has 0 atom stereocenters. The average molecular weight is 445 g/mol. The quantitative estimate of drug-likeness (QED) is 0.722. The smallest absolute Gasteiger partial charge is 0.262 e.